The van der Waals surface area contributed by atoms with Gasteiger partial charge in [0.05, 0.1) is 6.42 Å². The zero-order valence-electron chi connectivity index (χ0n) is 11.6. The van der Waals surface area contributed by atoms with Crippen molar-refractivity contribution < 1.29 is 9.59 Å². The molecule has 0 radical (unpaired) electrons. The van der Waals surface area contributed by atoms with Gasteiger partial charge in [0.1, 0.15) is 0 Å². The van der Waals surface area contributed by atoms with E-state index in [-0.39, 0.29) is 17.2 Å². The molecule has 2 aliphatic heterocycles. The van der Waals surface area contributed by atoms with Crippen molar-refractivity contribution in [3.8, 4) is 0 Å². The summed E-state index contributed by atoms with van der Waals surface area (Å²) in [7, 11) is 0. The van der Waals surface area contributed by atoms with Gasteiger partial charge in [0, 0.05) is 26.1 Å². The lowest BCUT2D eigenvalue weighted by Gasteiger charge is -2.44. The number of carbonyl (C=O) groups is 2. The van der Waals surface area contributed by atoms with Gasteiger partial charge in [-0.1, -0.05) is 0 Å². The van der Waals surface area contributed by atoms with Crippen LogP contribution in [0.25, 0.3) is 0 Å². The minimum absolute atomic E-state index is 0.173. The molecule has 20 heavy (non-hydrogen) atoms. The lowest BCUT2D eigenvalue weighted by atomic mass is 9.73. The lowest BCUT2D eigenvalue weighted by Crippen LogP contribution is -2.51. The molecular formula is C15H20N2O2S. The van der Waals surface area contributed by atoms with Crippen LogP contribution in [0.1, 0.15) is 31.2 Å². The maximum absolute atomic E-state index is 12.2. The summed E-state index contributed by atoms with van der Waals surface area (Å²) < 4.78 is 0. The highest BCUT2D eigenvalue weighted by molar-refractivity contribution is 7.07. The summed E-state index contributed by atoms with van der Waals surface area (Å²) in [6, 6.07) is 2.02. The van der Waals surface area contributed by atoms with E-state index in [0.717, 1.165) is 44.5 Å². The van der Waals surface area contributed by atoms with Crippen LogP contribution in [0.3, 0.4) is 0 Å². The number of hydrogen-bond donors (Lipinski definition) is 1. The maximum atomic E-state index is 12.2. The number of thiophene rings is 1. The Morgan fingerprint density at radius 1 is 1.35 bits per heavy atom. The zero-order valence-corrected chi connectivity index (χ0v) is 12.4. The van der Waals surface area contributed by atoms with Crippen LogP contribution in [0.5, 0.6) is 0 Å². The highest BCUT2D eigenvalue weighted by atomic mass is 32.1. The monoisotopic (exact) mass is 292 g/mol. The molecule has 2 saturated heterocycles. The molecule has 4 nitrogen and oxygen atoms in total. The van der Waals surface area contributed by atoms with Crippen molar-refractivity contribution in [1.82, 2.24) is 10.2 Å². The average molecular weight is 292 g/mol. The second-order valence-electron chi connectivity index (χ2n) is 5.97. The summed E-state index contributed by atoms with van der Waals surface area (Å²) in [5, 5.41) is 7.04. The number of rotatable bonds is 2. The first kappa shape index (κ1) is 13.6. The first-order valence-electron chi connectivity index (χ1n) is 7.22. The summed E-state index contributed by atoms with van der Waals surface area (Å²) in [6.07, 6.45) is 4.17. The van der Waals surface area contributed by atoms with Crippen molar-refractivity contribution in [3.63, 3.8) is 0 Å². The third-order valence-electron chi connectivity index (χ3n) is 4.66. The van der Waals surface area contributed by atoms with Crippen LogP contribution in [0, 0.1) is 5.41 Å². The summed E-state index contributed by atoms with van der Waals surface area (Å²) >= 11 is 1.64. The average Bonchev–Trinajstić information content (AvgIpc) is 2.96. The molecule has 1 spiro atoms. The highest BCUT2D eigenvalue weighted by Crippen LogP contribution is 2.37. The Balaban J connectivity index is 1.53. The number of piperidine rings is 2. The normalized spacial score (nSPS) is 21.8. The predicted molar refractivity (Wildman–Crippen MR) is 78.5 cm³/mol. The number of hydrogen-bond acceptors (Lipinski definition) is 3. The Morgan fingerprint density at radius 3 is 2.75 bits per heavy atom. The Bertz CT molecular complexity index is 478. The first-order chi connectivity index (χ1) is 9.67. The number of carbonyl (C=O) groups excluding carboxylic acids is 2. The molecule has 5 heteroatoms. The van der Waals surface area contributed by atoms with Gasteiger partial charge in [0.2, 0.25) is 11.8 Å². The number of amides is 2. The van der Waals surface area contributed by atoms with Crippen molar-refractivity contribution in [2.24, 2.45) is 5.41 Å². The van der Waals surface area contributed by atoms with E-state index in [1.165, 1.54) is 0 Å². The Morgan fingerprint density at radius 2 is 2.15 bits per heavy atom. The molecular weight excluding hydrogens is 272 g/mol. The molecule has 2 fully saturated rings. The van der Waals surface area contributed by atoms with E-state index in [1.807, 2.05) is 21.7 Å². The van der Waals surface area contributed by atoms with Crippen LogP contribution in [0.15, 0.2) is 16.8 Å². The summed E-state index contributed by atoms with van der Waals surface area (Å²) in [4.78, 5) is 25.5. The molecule has 0 atom stereocenters. The number of nitrogens with one attached hydrogen (secondary N) is 1. The minimum Gasteiger partial charge on any atom is -0.356 e. The Kier molecular flexibility index (Phi) is 3.78. The first-order valence-corrected chi connectivity index (χ1v) is 8.17. The standard InChI is InChI=1S/C15H20N2O2S/c18-13-1-3-15(11-16-13)4-6-17(7-5-15)14(19)9-12-2-8-20-10-12/h2,8,10H,1,3-7,9,11H2,(H,16,18). The molecule has 2 aliphatic rings. The molecule has 3 rings (SSSR count). The lowest BCUT2D eigenvalue weighted by molar-refractivity contribution is -0.134. The van der Waals surface area contributed by atoms with E-state index in [2.05, 4.69) is 5.32 Å². The van der Waals surface area contributed by atoms with Crippen molar-refractivity contribution in [2.75, 3.05) is 19.6 Å². The Hall–Kier alpha value is -1.36. The summed E-state index contributed by atoms with van der Waals surface area (Å²) in [5.74, 6) is 0.407. The van der Waals surface area contributed by atoms with Crippen molar-refractivity contribution >= 4 is 23.2 Å². The van der Waals surface area contributed by atoms with E-state index in [1.54, 1.807) is 11.3 Å². The molecule has 0 unspecified atom stereocenters. The van der Waals surface area contributed by atoms with Gasteiger partial charge in [-0.05, 0) is 47.1 Å². The molecule has 1 aromatic rings. The molecule has 0 aromatic carbocycles. The van der Waals surface area contributed by atoms with E-state index in [4.69, 9.17) is 0 Å². The van der Waals surface area contributed by atoms with Crippen molar-refractivity contribution in [1.29, 1.82) is 0 Å². The fraction of sp³-hybridized carbons (Fsp3) is 0.600. The molecule has 0 bridgehead atoms. The molecule has 2 amide bonds. The molecule has 1 N–H and O–H groups in total. The van der Waals surface area contributed by atoms with Gasteiger partial charge in [-0.2, -0.15) is 11.3 Å². The smallest absolute Gasteiger partial charge is 0.227 e. The maximum Gasteiger partial charge on any atom is 0.227 e. The van der Waals surface area contributed by atoms with Crippen LogP contribution in [0.4, 0.5) is 0 Å². The van der Waals surface area contributed by atoms with E-state index in [0.29, 0.717) is 12.8 Å². The van der Waals surface area contributed by atoms with Gasteiger partial charge in [-0.15, -0.1) is 0 Å². The van der Waals surface area contributed by atoms with Gasteiger partial charge in [0.15, 0.2) is 0 Å². The third-order valence-corrected chi connectivity index (χ3v) is 5.39. The van der Waals surface area contributed by atoms with Gasteiger partial charge < -0.3 is 10.2 Å². The summed E-state index contributed by atoms with van der Waals surface area (Å²) in [6.45, 7) is 2.45. The quantitative estimate of drug-likeness (QED) is 0.904. The number of likely N-dealkylation sites (tertiary alicyclic amines) is 1. The fourth-order valence-electron chi connectivity index (χ4n) is 3.18. The SMILES string of the molecule is O=C1CCC2(CCN(C(=O)Cc3ccsc3)CC2)CN1. The van der Waals surface area contributed by atoms with Crippen molar-refractivity contribution in [3.05, 3.63) is 22.4 Å². The molecule has 108 valence electrons. The second kappa shape index (κ2) is 5.56. The van der Waals surface area contributed by atoms with Crippen molar-refractivity contribution in [2.45, 2.75) is 32.1 Å². The second-order valence-corrected chi connectivity index (χ2v) is 6.75. The van der Waals surface area contributed by atoms with E-state index < -0.39 is 0 Å². The van der Waals surface area contributed by atoms with Crippen LogP contribution in [-0.2, 0) is 16.0 Å². The van der Waals surface area contributed by atoms with Crippen LogP contribution in [-0.4, -0.2) is 36.3 Å². The van der Waals surface area contributed by atoms with Crippen LogP contribution >= 0.6 is 11.3 Å². The van der Waals surface area contributed by atoms with Crippen LogP contribution in [0.2, 0.25) is 0 Å². The Labute approximate surface area is 123 Å². The molecule has 1 aromatic heterocycles. The van der Waals surface area contributed by atoms with E-state index >= 15 is 0 Å². The van der Waals surface area contributed by atoms with Crippen LogP contribution < -0.4 is 5.32 Å². The van der Waals surface area contributed by atoms with Gasteiger partial charge in [-0.25, -0.2) is 0 Å². The molecule has 0 saturated carbocycles. The molecule has 0 aliphatic carbocycles. The topological polar surface area (TPSA) is 49.4 Å². The predicted octanol–water partition coefficient (Wildman–Crippen LogP) is 1.81. The third kappa shape index (κ3) is 2.87. The number of nitrogens with zero attached hydrogens (tertiary/aromatic N) is 1. The summed E-state index contributed by atoms with van der Waals surface area (Å²) in [5.41, 5.74) is 1.36. The minimum atomic E-state index is 0.173. The zero-order chi connectivity index (χ0) is 14.0. The van der Waals surface area contributed by atoms with Gasteiger partial charge in [-0.3, -0.25) is 9.59 Å². The fourth-order valence-corrected chi connectivity index (χ4v) is 3.85. The largest absolute Gasteiger partial charge is 0.356 e. The van der Waals surface area contributed by atoms with Gasteiger partial charge in [0.25, 0.3) is 0 Å². The van der Waals surface area contributed by atoms with Gasteiger partial charge >= 0.3 is 0 Å². The van der Waals surface area contributed by atoms with E-state index in [9.17, 15) is 9.59 Å². The highest BCUT2D eigenvalue weighted by Gasteiger charge is 2.38. The molecule has 3 heterocycles.